The lowest BCUT2D eigenvalue weighted by molar-refractivity contribution is 0.103. The zero-order valence-electron chi connectivity index (χ0n) is 10.0. The Hall–Kier alpha value is -1.61. The molecule has 2 rings (SSSR count). The fourth-order valence-electron chi connectivity index (χ4n) is 1.72. The highest BCUT2D eigenvalue weighted by Gasteiger charge is 2.14. The van der Waals surface area contributed by atoms with Crippen LogP contribution < -0.4 is 4.74 Å². The molecule has 0 unspecified atom stereocenters. The van der Waals surface area contributed by atoms with Crippen molar-refractivity contribution in [2.24, 2.45) is 0 Å². The van der Waals surface area contributed by atoms with Crippen molar-refractivity contribution in [2.75, 3.05) is 6.61 Å². The van der Waals surface area contributed by atoms with Crippen LogP contribution in [0.15, 0.2) is 53.0 Å². The number of ether oxygens (including phenoxy) is 1. The van der Waals surface area contributed by atoms with Crippen LogP contribution in [0, 0.1) is 0 Å². The molecule has 2 aromatic rings. The maximum absolute atomic E-state index is 12.4. The van der Waals surface area contributed by atoms with Crippen LogP contribution in [0.5, 0.6) is 5.75 Å². The Morgan fingerprint density at radius 3 is 2.67 bits per heavy atom. The number of hydrogen-bond donors (Lipinski definition) is 0. The van der Waals surface area contributed by atoms with E-state index in [9.17, 15) is 4.79 Å². The molecule has 0 saturated heterocycles. The minimum Gasteiger partial charge on any atom is -0.493 e. The van der Waals surface area contributed by atoms with Gasteiger partial charge in [-0.3, -0.25) is 4.79 Å². The normalized spacial score (nSPS) is 10.1. The summed E-state index contributed by atoms with van der Waals surface area (Å²) in [6, 6.07) is 14.7. The average Bonchev–Trinajstić information content (AvgIpc) is 2.39. The number of para-hydroxylation sites is 1. The fraction of sp³-hybridized carbons (Fsp3) is 0.133. The third-order valence-electron chi connectivity index (χ3n) is 2.52. The number of benzene rings is 2. The second-order valence-corrected chi connectivity index (χ2v) is 4.68. The van der Waals surface area contributed by atoms with Gasteiger partial charge in [-0.15, -0.1) is 0 Å². The zero-order chi connectivity index (χ0) is 13.0. The summed E-state index contributed by atoms with van der Waals surface area (Å²) in [6.45, 7) is 2.45. The lowest BCUT2D eigenvalue weighted by atomic mass is 10.0. The van der Waals surface area contributed by atoms with Crippen molar-refractivity contribution in [3.8, 4) is 5.75 Å². The quantitative estimate of drug-likeness (QED) is 0.796. The van der Waals surface area contributed by atoms with E-state index < -0.39 is 0 Å². The predicted octanol–water partition coefficient (Wildman–Crippen LogP) is 4.08. The van der Waals surface area contributed by atoms with Crippen molar-refractivity contribution in [2.45, 2.75) is 6.92 Å². The van der Waals surface area contributed by atoms with Crippen LogP contribution in [0.1, 0.15) is 22.8 Å². The van der Waals surface area contributed by atoms with Crippen LogP contribution in [0.4, 0.5) is 0 Å². The van der Waals surface area contributed by atoms with E-state index in [2.05, 4.69) is 15.9 Å². The van der Waals surface area contributed by atoms with Gasteiger partial charge in [-0.05, 0) is 31.2 Å². The molecule has 0 spiro atoms. The maximum atomic E-state index is 12.4. The van der Waals surface area contributed by atoms with Gasteiger partial charge in [-0.2, -0.15) is 0 Å². The predicted molar refractivity (Wildman–Crippen MR) is 75.2 cm³/mol. The van der Waals surface area contributed by atoms with E-state index in [0.29, 0.717) is 23.5 Å². The molecule has 0 heterocycles. The number of ketones is 1. The number of rotatable bonds is 4. The summed E-state index contributed by atoms with van der Waals surface area (Å²) in [6.07, 6.45) is 0. The topological polar surface area (TPSA) is 26.3 Å². The van der Waals surface area contributed by atoms with Gasteiger partial charge < -0.3 is 4.74 Å². The van der Waals surface area contributed by atoms with E-state index in [-0.39, 0.29) is 5.78 Å². The van der Waals surface area contributed by atoms with Gasteiger partial charge in [0.25, 0.3) is 0 Å². The molecule has 92 valence electrons. The Balaban J connectivity index is 2.40. The van der Waals surface area contributed by atoms with Gasteiger partial charge in [-0.25, -0.2) is 0 Å². The summed E-state index contributed by atoms with van der Waals surface area (Å²) in [7, 11) is 0. The zero-order valence-corrected chi connectivity index (χ0v) is 11.6. The highest BCUT2D eigenvalue weighted by Crippen LogP contribution is 2.22. The van der Waals surface area contributed by atoms with Crippen LogP contribution in [0.25, 0.3) is 0 Å². The SMILES string of the molecule is CCOc1ccccc1C(=O)c1cccc(Br)c1. The summed E-state index contributed by atoms with van der Waals surface area (Å²) >= 11 is 3.37. The highest BCUT2D eigenvalue weighted by atomic mass is 79.9. The van der Waals surface area contributed by atoms with E-state index in [1.807, 2.05) is 43.3 Å². The highest BCUT2D eigenvalue weighted by molar-refractivity contribution is 9.10. The van der Waals surface area contributed by atoms with Crippen molar-refractivity contribution in [3.05, 3.63) is 64.1 Å². The van der Waals surface area contributed by atoms with E-state index >= 15 is 0 Å². The first-order chi connectivity index (χ1) is 8.72. The van der Waals surface area contributed by atoms with Gasteiger partial charge in [0, 0.05) is 10.0 Å². The molecule has 0 N–H and O–H groups in total. The van der Waals surface area contributed by atoms with Gasteiger partial charge in [0.1, 0.15) is 5.75 Å². The Bertz CT molecular complexity index is 564. The van der Waals surface area contributed by atoms with Crippen LogP contribution in [-0.2, 0) is 0 Å². The van der Waals surface area contributed by atoms with Gasteiger partial charge >= 0.3 is 0 Å². The smallest absolute Gasteiger partial charge is 0.196 e. The fourth-order valence-corrected chi connectivity index (χ4v) is 2.12. The molecule has 0 amide bonds. The Labute approximate surface area is 115 Å². The minimum atomic E-state index is -0.0275. The van der Waals surface area contributed by atoms with Gasteiger partial charge in [0.2, 0.25) is 0 Å². The van der Waals surface area contributed by atoms with E-state index in [1.165, 1.54) is 0 Å². The molecule has 3 heteroatoms. The van der Waals surface area contributed by atoms with Gasteiger partial charge in [0.15, 0.2) is 5.78 Å². The average molecular weight is 305 g/mol. The van der Waals surface area contributed by atoms with Crippen molar-refractivity contribution in [3.63, 3.8) is 0 Å². The minimum absolute atomic E-state index is 0.0275. The second-order valence-electron chi connectivity index (χ2n) is 3.77. The molecule has 0 bridgehead atoms. The van der Waals surface area contributed by atoms with E-state index in [0.717, 1.165) is 4.47 Å². The summed E-state index contributed by atoms with van der Waals surface area (Å²) in [5.74, 6) is 0.602. The third-order valence-corrected chi connectivity index (χ3v) is 3.01. The first kappa shape index (κ1) is 12.8. The largest absolute Gasteiger partial charge is 0.493 e. The standard InChI is InChI=1S/C15H13BrO2/c1-2-18-14-9-4-3-8-13(14)15(17)11-6-5-7-12(16)10-11/h3-10H,2H2,1H3. The van der Waals surface area contributed by atoms with Crippen LogP contribution in [-0.4, -0.2) is 12.4 Å². The number of hydrogen-bond acceptors (Lipinski definition) is 2. The molecule has 0 aliphatic rings. The van der Waals surface area contributed by atoms with Gasteiger partial charge in [-0.1, -0.05) is 40.2 Å². The lowest BCUT2D eigenvalue weighted by Gasteiger charge is -2.09. The molecule has 2 aromatic carbocycles. The molecular formula is C15H13BrO2. The maximum Gasteiger partial charge on any atom is 0.196 e. The van der Waals surface area contributed by atoms with Crippen LogP contribution in [0.2, 0.25) is 0 Å². The van der Waals surface area contributed by atoms with Gasteiger partial charge in [0.05, 0.1) is 12.2 Å². The first-order valence-corrected chi connectivity index (χ1v) is 6.53. The summed E-state index contributed by atoms with van der Waals surface area (Å²) in [5.41, 5.74) is 1.24. The molecule has 0 aliphatic heterocycles. The van der Waals surface area contributed by atoms with E-state index in [4.69, 9.17) is 4.74 Å². The summed E-state index contributed by atoms with van der Waals surface area (Å²) in [5, 5.41) is 0. The third kappa shape index (κ3) is 2.79. The first-order valence-electron chi connectivity index (χ1n) is 5.74. The molecule has 18 heavy (non-hydrogen) atoms. The van der Waals surface area contributed by atoms with E-state index in [1.54, 1.807) is 12.1 Å². The summed E-state index contributed by atoms with van der Waals surface area (Å²) < 4.78 is 6.37. The van der Waals surface area contributed by atoms with Crippen LogP contribution in [0.3, 0.4) is 0 Å². The number of carbonyl (C=O) groups is 1. The molecule has 0 aliphatic carbocycles. The Morgan fingerprint density at radius 2 is 1.94 bits per heavy atom. The van der Waals surface area contributed by atoms with Crippen molar-refractivity contribution in [1.82, 2.24) is 0 Å². The molecular weight excluding hydrogens is 292 g/mol. The number of halogens is 1. The lowest BCUT2D eigenvalue weighted by Crippen LogP contribution is -2.05. The molecule has 0 atom stereocenters. The number of carbonyl (C=O) groups excluding carboxylic acids is 1. The van der Waals surface area contributed by atoms with Crippen LogP contribution >= 0.6 is 15.9 Å². The molecule has 0 radical (unpaired) electrons. The summed E-state index contributed by atoms with van der Waals surface area (Å²) in [4.78, 5) is 12.4. The molecule has 0 saturated carbocycles. The van der Waals surface area contributed by atoms with Crippen molar-refractivity contribution in [1.29, 1.82) is 0 Å². The van der Waals surface area contributed by atoms with Crippen molar-refractivity contribution < 1.29 is 9.53 Å². The Morgan fingerprint density at radius 1 is 1.17 bits per heavy atom. The Kier molecular flexibility index (Phi) is 4.15. The monoisotopic (exact) mass is 304 g/mol. The van der Waals surface area contributed by atoms with Crippen molar-refractivity contribution >= 4 is 21.7 Å². The second kappa shape index (κ2) is 5.83. The molecule has 0 fully saturated rings. The molecule has 0 aromatic heterocycles. The molecule has 2 nitrogen and oxygen atoms in total.